The lowest BCUT2D eigenvalue weighted by molar-refractivity contribution is 0.193. The molecular formula is C17H24N2O2S. The predicted molar refractivity (Wildman–Crippen MR) is 88.2 cm³/mol. The number of nitrogens with zero attached hydrogens (tertiary/aromatic N) is 1. The monoisotopic (exact) mass is 320 g/mol. The fourth-order valence-electron chi connectivity index (χ4n) is 3.98. The summed E-state index contributed by atoms with van der Waals surface area (Å²) in [6.07, 6.45) is 3.21. The fraction of sp³-hybridized carbons (Fsp3) is 0.588. The minimum atomic E-state index is -3.58. The average Bonchev–Trinajstić information content (AvgIpc) is 2.78. The molecule has 0 aromatic heterocycles. The van der Waals surface area contributed by atoms with E-state index >= 15 is 0 Å². The Kier molecular flexibility index (Phi) is 3.40. The van der Waals surface area contributed by atoms with Crippen LogP contribution < -0.4 is 4.83 Å². The van der Waals surface area contributed by atoms with E-state index in [4.69, 9.17) is 0 Å². The lowest BCUT2D eigenvalue weighted by atomic mass is 9.70. The van der Waals surface area contributed by atoms with Crippen LogP contribution in [0.5, 0.6) is 0 Å². The van der Waals surface area contributed by atoms with Gasteiger partial charge in [0.15, 0.2) is 0 Å². The number of sulfonamides is 1. The van der Waals surface area contributed by atoms with Gasteiger partial charge in [-0.15, -0.1) is 0 Å². The van der Waals surface area contributed by atoms with Crippen molar-refractivity contribution in [2.75, 3.05) is 0 Å². The molecular weight excluding hydrogens is 296 g/mol. The second kappa shape index (κ2) is 4.82. The first-order valence-corrected chi connectivity index (χ1v) is 9.31. The van der Waals surface area contributed by atoms with Gasteiger partial charge in [0.25, 0.3) is 10.0 Å². The molecule has 0 saturated heterocycles. The van der Waals surface area contributed by atoms with Crippen LogP contribution in [-0.4, -0.2) is 14.1 Å². The summed E-state index contributed by atoms with van der Waals surface area (Å²) in [5.74, 6) is 0.611. The van der Waals surface area contributed by atoms with Crippen molar-refractivity contribution < 1.29 is 8.42 Å². The van der Waals surface area contributed by atoms with Gasteiger partial charge in [-0.1, -0.05) is 38.5 Å². The molecule has 0 heterocycles. The van der Waals surface area contributed by atoms with Crippen LogP contribution in [0.1, 0.15) is 45.6 Å². The Labute approximate surface area is 133 Å². The summed E-state index contributed by atoms with van der Waals surface area (Å²) >= 11 is 0. The highest BCUT2D eigenvalue weighted by atomic mass is 32.2. The van der Waals surface area contributed by atoms with Crippen LogP contribution in [-0.2, 0) is 10.0 Å². The standard InChI is InChI=1S/C17H24N2O2S/c1-12-5-7-14(8-6-12)22(20,21)19-18-15-11-13-9-10-17(15,4)16(13,2)3/h5-8,13,19H,9-11H2,1-4H3/b18-15+. The maximum absolute atomic E-state index is 12.4. The van der Waals surface area contributed by atoms with E-state index in [1.807, 2.05) is 6.92 Å². The van der Waals surface area contributed by atoms with Gasteiger partial charge >= 0.3 is 0 Å². The van der Waals surface area contributed by atoms with Gasteiger partial charge in [-0.2, -0.15) is 13.5 Å². The van der Waals surface area contributed by atoms with Gasteiger partial charge in [-0.25, -0.2) is 4.83 Å². The van der Waals surface area contributed by atoms with Gasteiger partial charge in [-0.05, 0) is 49.7 Å². The fourth-order valence-corrected chi connectivity index (χ4v) is 4.81. The summed E-state index contributed by atoms with van der Waals surface area (Å²) in [5, 5.41) is 4.32. The van der Waals surface area contributed by atoms with Crippen molar-refractivity contribution in [1.29, 1.82) is 0 Å². The van der Waals surface area contributed by atoms with Gasteiger partial charge in [0, 0.05) is 11.1 Å². The Morgan fingerprint density at radius 2 is 1.82 bits per heavy atom. The van der Waals surface area contributed by atoms with Gasteiger partial charge in [0.1, 0.15) is 0 Å². The normalized spacial score (nSPS) is 31.6. The van der Waals surface area contributed by atoms with Crippen LogP contribution in [0.3, 0.4) is 0 Å². The first-order chi connectivity index (χ1) is 10.2. The second-order valence-electron chi connectivity index (χ2n) is 7.46. The molecule has 0 aliphatic heterocycles. The highest BCUT2D eigenvalue weighted by molar-refractivity contribution is 7.89. The molecule has 1 N–H and O–H groups in total. The van der Waals surface area contributed by atoms with Crippen LogP contribution in [0.15, 0.2) is 34.3 Å². The van der Waals surface area contributed by atoms with E-state index in [1.54, 1.807) is 24.3 Å². The maximum atomic E-state index is 12.4. The minimum Gasteiger partial charge on any atom is -0.200 e. The highest BCUT2D eigenvalue weighted by Gasteiger charge is 2.60. The Morgan fingerprint density at radius 3 is 2.32 bits per heavy atom. The molecule has 22 heavy (non-hydrogen) atoms. The molecule has 0 radical (unpaired) electrons. The quantitative estimate of drug-likeness (QED) is 0.867. The molecule has 2 aliphatic rings. The number of hydrogen-bond acceptors (Lipinski definition) is 3. The third-order valence-corrected chi connectivity index (χ3v) is 7.37. The van der Waals surface area contributed by atoms with E-state index < -0.39 is 10.0 Å². The van der Waals surface area contributed by atoms with Crippen LogP contribution >= 0.6 is 0 Å². The summed E-state index contributed by atoms with van der Waals surface area (Å²) in [7, 11) is -3.58. The minimum absolute atomic E-state index is 0.00740. The molecule has 120 valence electrons. The zero-order chi connectivity index (χ0) is 16.2. The Bertz CT molecular complexity index is 720. The summed E-state index contributed by atoms with van der Waals surface area (Å²) < 4.78 is 24.7. The van der Waals surface area contributed by atoms with Gasteiger partial charge in [0.05, 0.1) is 4.90 Å². The van der Waals surface area contributed by atoms with Crippen molar-refractivity contribution in [2.45, 2.75) is 51.9 Å². The smallest absolute Gasteiger partial charge is 0.200 e. The van der Waals surface area contributed by atoms with Crippen LogP contribution in [0.25, 0.3) is 0 Å². The van der Waals surface area contributed by atoms with Crippen molar-refractivity contribution >= 4 is 15.7 Å². The van der Waals surface area contributed by atoms with Crippen molar-refractivity contribution in [3.8, 4) is 0 Å². The van der Waals surface area contributed by atoms with E-state index in [2.05, 4.69) is 30.7 Å². The van der Waals surface area contributed by atoms with Crippen LogP contribution in [0.2, 0.25) is 0 Å². The zero-order valence-electron chi connectivity index (χ0n) is 13.7. The molecule has 2 unspecified atom stereocenters. The molecule has 5 heteroatoms. The summed E-state index contributed by atoms with van der Waals surface area (Å²) in [4.78, 5) is 2.70. The molecule has 0 amide bonds. The van der Waals surface area contributed by atoms with Gasteiger partial charge < -0.3 is 0 Å². The topological polar surface area (TPSA) is 58.5 Å². The first-order valence-electron chi connectivity index (χ1n) is 7.82. The predicted octanol–water partition coefficient (Wildman–Crippen LogP) is 3.48. The molecule has 1 aromatic carbocycles. The van der Waals surface area contributed by atoms with Gasteiger partial charge in [-0.3, -0.25) is 0 Å². The van der Waals surface area contributed by atoms with E-state index in [0.29, 0.717) is 5.92 Å². The molecule has 2 fully saturated rings. The molecule has 2 bridgehead atoms. The van der Waals surface area contributed by atoms with Crippen LogP contribution in [0.4, 0.5) is 0 Å². The Balaban J connectivity index is 1.85. The first kappa shape index (κ1) is 15.5. The number of nitrogens with one attached hydrogen (secondary N) is 1. The summed E-state index contributed by atoms with van der Waals surface area (Å²) in [5.41, 5.74) is 2.24. The van der Waals surface area contributed by atoms with Gasteiger partial charge in [0.2, 0.25) is 0 Å². The third kappa shape index (κ3) is 2.18. The molecule has 2 aliphatic carbocycles. The molecule has 3 rings (SSSR count). The lowest BCUT2D eigenvalue weighted by Crippen LogP contribution is -2.34. The highest BCUT2D eigenvalue weighted by Crippen LogP contribution is 2.63. The average molecular weight is 320 g/mol. The number of rotatable bonds is 3. The molecule has 2 atom stereocenters. The molecule has 1 aromatic rings. The second-order valence-corrected chi connectivity index (χ2v) is 9.12. The lowest BCUT2D eigenvalue weighted by Gasteiger charge is -2.34. The molecule has 2 saturated carbocycles. The number of fused-ring (bicyclic) bond motifs is 2. The van der Waals surface area contributed by atoms with E-state index in [1.165, 1.54) is 6.42 Å². The molecule has 0 spiro atoms. The maximum Gasteiger partial charge on any atom is 0.276 e. The van der Waals surface area contributed by atoms with Crippen molar-refractivity contribution in [1.82, 2.24) is 4.83 Å². The van der Waals surface area contributed by atoms with Crippen molar-refractivity contribution in [2.24, 2.45) is 21.8 Å². The van der Waals surface area contributed by atoms with Crippen molar-refractivity contribution in [3.63, 3.8) is 0 Å². The van der Waals surface area contributed by atoms with Crippen LogP contribution in [0, 0.1) is 23.7 Å². The van der Waals surface area contributed by atoms with E-state index in [0.717, 1.165) is 24.1 Å². The Hall–Kier alpha value is -1.36. The number of hydrogen-bond donors (Lipinski definition) is 1. The third-order valence-electron chi connectivity index (χ3n) is 6.14. The number of benzene rings is 1. The van der Waals surface area contributed by atoms with E-state index in [-0.39, 0.29) is 15.7 Å². The number of aryl methyl sites for hydroxylation is 1. The summed E-state index contributed by atoms with van der Waals surface area (Å²) in [6.45, 7) is 8.71. The SMILES string of the molecule is Cc1ccc(S(=O)(=O)N/N=C2\CC3CCC2(C)C3(C)C)cc1. The summed E-state index contributed by atoms with van der Waals surface area (Å²) in [6, 6.07) is 6.82. The van der Waals surface area contributed by atoms with Crippen molar-refractivity contribution in [3.05, 3.63) is 29.8 Å². The molecule has 4 nitrogen and oxygen atoms in total. The Morgan fingerprint density at radius 1 is 1.18 bits per heavy atom. The number of hydrazone groups is 1. The zero-order valence-corrected chi connectivity index (χ0v) is 14.5. The largest absolute Gasteiger partial charge is 0.276 e. The van der Waals surface area contributed by atoms with E-state index in [9.17, 15) is 8.42 Å².